The summed E-state index contributed by atoms with van der Waals surface area (Å²) in [6, 6.07) is 8.99. The molecule has 132 valence electrons. The Balaban J connectivity index is 0.000000189. The number of aryl methyl sites for hydroxylation is 2. The van der Waals surface area contributed by atoms with Gasteiger partial charge in [-0.05, 0) is 62.7 Å². The van der Waals surface area contributed by atoms with Crippen molar-refractivity contribution in [2.24, 2.45) is 0 Å². The van der Waals surface area contributed by atoms with Gasteiger partial charge in [-0.1, -0.05) is 6.07 Å². The van der Waals surface area contributed by atoms with Crippen molar-refractivity contribution >= 4 is 0 Å². The van der Waals surface area contributed by atoms with Crippen LogP contribution in [0.1, 0.15) is 17.0 Å². The van der Waals surface area contributed by atoms with E-state index < -0.39 is 17.5 Å². The fraction of sp³-hybridized carbons (Fsp3) is 0.158. The van der Waals surface area contributed by atoms with E-state index in [9.17, 15) is 17.6 Å². The van der Waals surface area contributed by atoms with Crippen molar-refractivity contribution in [2.75, 3.05) is 0 Å². The van der Waals surface area contributed by atoms with Crippen molar-refractivity contribution in [2.45, 2.75) is 20.8 Å². The zero-order valence-corrected chi connectivity index (χ0v) is 14.1. The van der Waals surface area contributed by atoms with Gasteiger partial charge in [0.25, 0.3) is 0 Å². The SMILES string of the molecule is Cc1c(F)cccc1F.Cc1cc(F)ccc1F.Cc1ncccn1. The topological polar surface area (TPSA) is 25.8 Å². The molecule has 1 heterocycles. The molecule has 0 aliphatic rings. The first-order chi connectivity index (χ1) is 11.8. The number of halogens is 4. The van der Waals surface area contributed by atoms with Gasteiger partial charge in [0, 0.05) is 18.0 Å². The van der Waals surface area contributed by atoms with Gasteiger partial charge in [0.1, 0.15) is 29.1 Å². The third kappa shape index (κ3) is 7.56. The van der Waals surface area contributed by atoms with Gasteiger partial charge < -0.3 is 0 Å². The Morgan fingerprint density at radius 1 is 0.680 bits per heavy atom. The van der Waals surface area contributed by atoms with Crippen LogP contribution in [0.25, 0.3) is 0 Å². The first-order valence-electron chi connectivity index (χ1n) is 7.37. The summed E-state index contributed by atoms with van der Waals surface area (Å²) in [6.45, 7) is 4.79. The molecule has 1 aromatic heterocycles. The quantitative estimate of drug-likeness (QED) is 0.512. The van der Waals surface area contributed by atoms with Gasteiger partial charge in [-0.2, -0.15) is 0 Å². The lowest BCUT2D eigenvalue weighted by Crippen LogP contribution is -1.85. The smallest absolute Gasteiger partial charge is 0.129 e. The molecule has 2 aromatic carbocycles. The molecule has 25 heavy (non-hydrogen) atoms. The maximum absolute atomic E-state index is 12.3. The van der Waals surface area contributed by atoms with Crippen LogP contribution >= 0.6 is 0 Å². The van der Waals surface area contributed by atoms with E-state index in [1.54, 1.807) is 18.5 Å². The molecular weight excluding hydrogens is 332 g/mol. The highest BCUT2D eigenvalue weighted by Gasteiger charge is 1.99. The Labute approximate surface area is 144 Å². The van der Waals surface area contributed by atoms with Gasteiger partial charge in [-0.15, -0.1) is 0 Å². The molecule has 0 saturated carbocycles. The van der Waals surface area contributed by atoms with Crippen molar-refractivity contribution in [3.63, 3.8) is 0 Å². The minimum Gasteiger partial charge on any atom is -0.242 e. The number of aromatic nitrogens is 2. The summed E-state index contributed by atoms with van der Waals surface area (Å²) in [7, 11) is 0. The molecule has 0 bridgehead atoms. The Hall–Kier alpha value is -2.76. The molecule has 0 N–H and O–H groups in total. The second-order valence-corrected chi connectivity index (χ2v) is 5.04. The monoisotopic (exact) mass is 350 g/mol. The molecule has 0 amide bonds. The van der Waals surface area contributed by atoms with Crippen molar-refractivity contribution in [1.29, 1.82) is 0 Å². The predicted molar refractivity (Wildman–Crippen MR) is 89.0 cm³/mol. The highest BCUT2D eigenvalue weighted by Crippen LogP contribution is 2.08. The van der Waals surface area contributed by atoms with Crippen LogP contribution in [-0.4, -0.2) is 9.97 Å². The molecule has 0 aliphatic heterocycles. The highest BCUT2D eigenvalue weighted by atomic mass is 19.1. The van der Waals surface area contributed by atoms with Gasteiger partial charge in [0.15, 0.2) is 0 Å². The third-order valence-corrected chi connectivity index (χ3v) is 3.02. The van der Waals surface area contributed by atoms with E-state index in [4.69, 9.17) is 0 Å². The first-order valence-corrected chi connectivity index (χ1v) is 7.37. The lowest BCUT2D eigenvalue weighted by atomic mass is 10.2. The van der Waals surface area contributed by atoms with Gasteiger partial charge >= 0.3 is 0 Å². The van der Waals surface area contributed by atoms with Crippen LogP contribution in [0.4, 0.5) is 17.6 Å². The average Bonchev–Trinajstić information content (AvgIpc) is 2.58. The molecule has 2 nitrogen and oxygen atoms in total. The molecule has 0 saturated heterocycles. The molecular formula is C19H18F4N2. The minimum atomic E-state index is -0.491. The summed E-state index contributed by atoms with van der Waals surface area (Å²) >= 11 is 0. The van der Waals surface area contributed by atoms with Gasteiger partial charge in [-0.25, -0.2) is 27.5 Å². The fourth-order valence-corrected chi connectivity index (χ4v) is 1.56. The van der Waals surface area contributed by atoms with Crippen LogP contribution in [-0.2, 0) is 0 Å². The lowest BCUT2D eigenvalue weighted by molar-refractivity contribution is 0.568. The number of hydrogen-bond donors (Lipinski definition) is 0. The summed E-state index contributed by atoms with van der Waals surface area (Å²) < 4.78 is 49.2. The molecule has 0 spiro atoms. The van der Waals surface area contributed by atoms with E-state index in [1.165, 1.54) is 32.0 Å². The Bertz CT molecular complexity index is 772. The number of nitrogens with zero attached hydrogens (tertiary/aromatic N) is 2. The van der Waals surface area contributed by atoms with Gasteiger partial charge in [0.2, 0.25) is 0 Å². The molecule has 6 heteroatoms. The van der Waals surface area contributed by atoms with Crippen LogP contribution in [0, 0.1) is 44.0 Å². The largest absolute Gasteiger partial charge is 0.242 e. The Morgan fingerprint density at radius 2 is 1.24 bits per heavy atom. The second kappa shape index (κ2) is 10.2. The van der Waals surface area contributed by atoms with Gasteiger partial charge in [0.05, 0.1) is 0 Å². The first kappa shape index (κ1) is 20.3. The van der Waals surface area contributed by atoms with Crippen molar-refractivity contribution in [3.8, 4) is 0 Å². The second-order valence-electron chi connectivity index (χ2n) is 5.04. The van der Waals surface area contributed by atoms with Crippen LogP contribution in [0.2, 0.25) is 0 Å². The summed E-state index contributed by atoms with van der Waals surface area (Å²) in [5, 5.41) is 0. The summed E-state index contributed by atoms with van der Waals surface area (Å²) in [5.41, 5.74) is 0.424. The summed E-state index contributed by atoms with van der Waals surface area (Å²) in [4.78, 5) is 7.74. The highest BCUT2D eigenvalue weighted by molar-refractivity contribution is 5.17. The number of rotatable bonds is 0. The zero-order chi connectivity index (χ0) is 18.8. The van der Waals surface area contributed by atoms with E-state index in [0.29, 0.717) is 5.56 Å². The standard InChI is InChI=1S/2C7H6F2.C5H6N2/c1-5-4-6(8)2-3-7(5)9;1-5-6(8)3-2-4-7(5)9;1-5-6-3-2-4-7-5/h2*2-4H,1H3;2-4H,1H3. The molecule has 0 radical (unpaired) electrons. The zero-order valence-electron chi connectivity index (χ0n) is 14.1. The predicted octanol–water partition coefficient (Wildman–Crippen LogP) is 5.33. The van der Waals surface area contributed by atoms with E-state index in [1.807, 2.05) is 6.92 Å². The molecule has 0 atom stereocenters. The molecule has 0 fully saturated rings. The molecule has 3 rings (SSSR count). The number of hydrogen-bond acceptors (Lipinski definition) is 2. The van der Waals surface area contributed by atoms with Crippen molar-refractivity contribution in [3.05, 3.63) is 95.1 Å². The van der Waals surface area contributed by atoms with E-state index in [0.717, 1.165) is 24.0 Å². The normalized spacial score (nSPS) is 9.40. The summed E-state index contributed by atoms with van der Waals surface area (Å²) in [5.74, 6) is -0.919. The molecule has 0 unspecified atom stereocenters. The van der Waals surface area contributed by atoms with Gasteiger partial charge in [-0.3, -0.25) is 0 Å². The van der Waals surface area contributed by atoms with Crippen molar-refractivity contribution < 1.29 is 17.6 Å². The molecule has 0 aliphatic carbocycles. The van der Waals surface area contributed by atoms with Crippen LogP contribution in [0.5, 0.6) is 0 Å². The average molecular weight is 350 g/mol. The van der Waals surface area contributed by atoms with E-state index in [2.05, 4.69) is 9.97 Å². The van der Waals surface area contributed by atoms with Crippen molar-refractivity contribution in [1.82, 2.24) is 9.97 Å². The summed E-state index contributed by atoms with van der Waals surface area (Å²) in [6.07, 6.45) is 3.45. The maximum atomic E-state index is 12.3. The van der Waals surface area contributed by atoms with Crippen LogP contribution in [0.3, 0.4) is 0 Å². The van der Waals surface area contributed by atoms with Crippen LogP contribution < -0.4 is 0 Å². The lowest BCUT2D eigenvalue weighted by Gasteiger charge is -1.94. The van der Waals surface area contributed by atoms with Crippen LogP contribution in [0.15, 0.2) is 54.9 Å². The minimum absolute atomic E-state index is 0.0810. The van der Waals surface area contributed by atoms with E-state index >= 15 is 0 Å². The third-order valence-electron chi connectivity index (χ3n) is 3.02. The fourth-order valence-electron chi connectivity index (χ4n) is 1.56. The maximum Gasteiger partial charge on any atom is 0.129 e. The Morgan fingerprint density at radius 3 is 1.60 bits per heavy atom. The molecule has 3 aromatic rings. The number of benzene rings is 2. The Kier molecular flexibility index (Phi) is 8.26. The van der Waals surface area contributed by atoms with E-state index in [-0.39, 0.29) is 11.4 Å².